The number of amides is 1. The molecule has 1 saturated heterocycles. The van der Waals surface area contributed by atoms with E-state index in [0.717, 1.165) is 1.93 Å². The van der Waals surface area contributed by atoms with Crippen LogP contribution in [-0.2, 0) is 0 Å². The number of benzene rings is 1. The highest BCUT2D eigenvalue weighted by Crippen LogP contribution is 2.48. The minimum atomic E-state index is -1.12. The molecule has 1 fully saturated rings. The molecule has 5 nitrogen and oxygen atoms in total. The van der Waals surface area contributed by atoms with Gasteiger partial charge in [-0.3, -0.25) is 4.79 Å². The lowest BCUT2D eigenvalue weighted by atomic mass is 10.0. The number of anilines is 1. The van der Waals surface area contributed by atoms with Crippen LogP contribution in [0.1, 0.15) is 20.7 Å². The van der Waals surface area contributed by atoms with Crippen LogP contribution in [0.5, 0.6) is 0 Å². The number of carbonyl (C=O) groups is 2. The van der Waals surface area contributed by atoms with Gasteiger partial charge in [-0.05, 0) is 12.1 Å². The van der Waals surface area contributed by atoms with E-state index in [2.05, 4.69) is 5.32 Å². The number of alkyl halides is 6. The lowest BCUT2D eigenvalue weighted by Crippen LogP contribution is -2.31. The Hall–Kier alpha value is 0.440. The van der Waals surface area contributed by atoms with Gasteiger partial charge in [-0.15, -0.1) is 76.0 Å². The highest BCUT2D eigenvalue weighted by atomic mass is 127. The van der Waals surface area contributed by atoms with E-state index in [1.807, 2.05) is 0 Å². The van der Waals surface area contributed by atoms with Crippen molar-refractivity contribution in [3.8, 4) is 0 Å². The second kappa shape index (κ2) is 9.55. The number of hydrogen-bond acceptors (Lipinski definition) is 3. The first-order valence-corrected chi connectivity index (χ1v) is 14.3. The maximum Gasteiger partial charge on any atom is 0.336 e. The maximum atomic E-state index is 12.2. The zero-order valence-electron chi connectivity index (χ0n) is 10.8. The summed E-state index contributed by atoms with van der Waals surface area (Å²) in [5.74, 6) is -1.47. The fourth-order valence-corrected chi connectivity index (χ4v) is 33.2. The average Bonchev–Trinajstić information content (AvgIpc) is 2.45. The first kappa shape index (κ1) is 19.5. The molecule has 0 aliphatic carbocycles. The predicted molar refractivity (Wildman–Crippen MR) is 113 cm³/mol. The van der Waals surface area contributed by atoms with Crippen LogP contribution in [0, 0.1) is 0 Å². The number of rotatable bonds is 4. The van der Waals surface area contributed by atoms with Crippen molar-refractivity contribution < 1.29 is 14.7 Å². The highest BCUT2D eigenvalue weighted by Gasteiger charge is 2.21. The summed E-state index contributed by atoms with van der Waals surface area (Å²) in [7, 11) is 0. The SMILES string of the molecule is Cl.Nc1cccc(C(=O)O)c1C(=O)NCC1[I]C[I]C[I]1. The average molecular weight is 651 g/mol. The first-order valence-electron chi connectivity index (χ1n) is 5.68. The van der Waals surface area contributed by atoms with Gasteiger partial charge in [0.2, 0.25) is 0 Å². The summed E-state index contributed by atoms with van der Waals surface area (Å²) in [5, 5.41) is 12.0. The van der Waals surface area contributed by atoms with E-state index >= 15 is 0 Å². The molecule has 1 heterocycles. The van der Waals surface area contributed by atoms with Crippen LogP contribution >= 0.6 is 76.0 Å². The molecule has 1 aromatic carbocycles. The molecule has 2 rings (SSSR count). The molecule has 0 bridgehead atoms. The number of nitrogens with two attached hydrogens (primary N) is 1. The molecule has 1 aromatic rings. The van der Waals surface area contributed by atoms with Gasteiger partial charge in [-0.2, -0.15) is 0 Å². The van der Waals surface area contributed by atoms with Crippen LogP contribution in [0.3, 0.4) is 0 Å². The summed E-state index contributed by atoms with van der Waals surface area (Å²) in [6, 6.07) is 4.53. The monoisotopic (exact) mass is 651 g/mol. The standard InChI is InChI=1S/C12H14I3N2O3.ClH/c16-8-3-1-2-7(12(19)20)10(8)11(18)17-4-9-14-5-13-6-15-9;/h1-3,9H,4-6,16H2,(H,17,18)(H,19,20);1H. The zero-order valence-corrected chi connectivity index (χ0v) is 18.1. The third-order valence-electron chi connectivity index (χ3n) is 2.57. The number of aromatic carboxylic acids is 1. The van der Waals surface area contributed by atoms with Crippen LogP contribution in [0.15, 0.2) is 18.2 Å². The third kappa shape index (κ3) is 5.53. The number of halogens is 4. The Morgan fingerprint density at radius 2 is 2.00 bits per heavy atom. The molecule has 0 atom stereocenters. The van der Waals surface area contributed by atoms with Crippen LogP contribution < -0.4 is 11.1 Å². The summed E-state index contributed by atoms with van der Waals surface area (Å²) < 4.78 is 3.64. The van der Waals surface area contributed by atoms with Crippen LogP contribution in [0.2, 0.25) is 0 Å². The number of nitrogen functional groups attached to an aromatic ring is 1. The second-order valence-corrected chi connectivity index (χ2v) is 21.0. The van der Waals surface area contributed by atoms with Crippen molar-refractivity contribution in [3.63, 3.8) is 0 Å². The van der Waals surface area contributed by atoms with Gasteiger partial charge in [0.1, 0.15) is 0 Å². The number of carboxylic acid groups (broad SMARTS) is 1. The minimum Gasteiger partial charge on any atom is -0.478 e. The van der Waals surface area contributed by atoms with Crippen LogP contribution in [0.25, 0.3) is 0 Å². The van der Waals surface area contributed by atoms with Crippen molar-refractivity contribution in [3.05, 3.63) is 29.3 Å². The Labute approximate surface area is 160 Å². The van der Waals surface area contributed by atoms with Crippen molar-refractivity contribution in [2.24, 2.45) is 0 Å². The molecule has 1 amide bonds. The number of hydrogen-bond donors (Lipinski definition) is 3. The molecule has 21 heavy (non-hydrogen) atoms. The maximum absolute atomic E-state index is 12.2. The van der Waals surface area contributed by atoms with Crippen molar-refractivity contribution in [2.75, 3.05) is 17.1 Å². The number of carboxylic acids is 1. The fraction of sp³-hybridized carbons (Fsp3) is 0.333. The van der Waals surface area contributed by atoms with Crippen molar-refractivity contribution >= 4 is 93.6 Å². The predicted octanol–water partition coefficient (Wildman–Crippen LogP) is 3.29. The normalized spacial score (nSPS) is 15.0. The van der Waals surface area contributed by atoms with Gasteiger partial charge < -0.3 is 16.2 Å². The molecule has 119 valence electrons. The molecular weight excluding hydrogens is 636 g/mol. The van der Waals surface area contributed by atoms with Gasteiger partial charge in [0.05, 0.1) is 13.1 Å². The molecule has 0 unspecified atom stereocenters. The Bertz CT molecular complexity index is 524. The van der Waals surface area contributed by atoms with E-state index in [4.69, 9.17) is 10.8 Å². The number of carbonyl (C=O) groups excluding carboxylic acids is 1. The topological polar surface area (TPSA) is 92.4 Å². The van der Waals surface area contributed by atoms with E-state index in [9.17, 15) is 9.59 Å². The molecule has 1 aliphatic heterocycles. The quantitative estimate of drug-likeness (QED) is 0.265. The minimum absolute atomic E-state index is 0. The van der Waals surface area contributed by atoms with Crippen LogP contribution in [-0.4, -0.2) is 30.3 Å². The Kier molecular flexibility index (Phi) is 8.86. The lowest BCUT2D eigenvalue weighted by Gasteiger charge is -2.21. The summed E-state index contributed by atoms with van der Waals surface area (Å²) in [6.45, 7) is 0.705. The smallest absolute Gasteiger partial charge is 0.336 e. The van der Waals surface area contributed by atoms with E-state index < -0.39 is 5.97 Å². The van der Waals surface area contributed by atoms with Gasteiger partial charge in [-0.25, -0.2) is 4.79 Å². The van der Waals surface area contributed by atoms with E-state index in [0.29, 0.717) is 27.7 Å². The fourth-order valence-electron chi connectivity index (χ4n) is 1.65. The number of nitrogens with one attached hydrogen (secondary N) is 1. The molecule has 1 aliphatic rings. The Balaban J connectivity index is 0.00000220. The molecule has 4 N–H and O–H groups in total. The molecular formula is C12H15ClI3N2O3. The molecule has 9 heteroatoms. The largest absolute Gasteiger partial charge is 0.478 e. The van der Waals surface area contributed by atoms with Gasteiger partial charge >= 0.3 is 5.97 Å². The van der Waals surface area contributed by atoms with E-state index in [1.165, 1.54) is 10.9 Å². The van der Waals surface area contributed by atoms with E-state index in [-0.39, 0.29) is 77.5 Å². The van der Waals surface area contributed by atoms with Crippen molar-refractivity contribution in [2.45, 2.75) is 1.93 Å². The lowest BCUT2D eigenvalue weighted by molar-refractivity contribution is 0.0691. The van der Waals surface area contributed by atoms with Crippen molar-refractivity contribution in [1.29, 1.82) is 0 Å². The van der Waals surface area contributed by atoms with Gasteiger partial charge in [0.25, 0.3) is 5.91 Å². The second-order valence-electron chi connectivity index (χ2n) is 3.88. The van der Waals surface area contributed by atoms with Crippen LogP contribution in [0.4, 0.5) is 5.69 Å². The Morgan fingerprint density at radius 1 is 1.33 bits per heavy atom. The Morgan fingerprint density at radius 3 is 2.62 bits per heavy atom. The van der Waals surface area contributed by atoms with Gasteiger partial charge in [-0.1, -0.05) is 6.07 Å². The molecule has 0 aromatic heterocycles. The highest BCUT2D eigenvalue weighted by molar-refractivity contribution is 14.4. The molecule has 0 spiro atoms. The molecule has 3 radical (unpaired) electrons. The summed E-state index contributed by atoms with van der Waals surface area (Å²) in [5.41, 5.74) is 6.06. The van der Waals surface area contributed by atoms with Gasteiger partial charge in [0.15, 0.2) is 0 Å². The zero-order chi connectivity index (χ0) is 14.5. The third-order valence-corrected chi connectivity index (χ3v) is 21.2. The molecule has 0 saturated carbocycles. The summed E-state index contributed by atoms with van der Waals surface area (Å²) in [4.78, 5) is 23.4. The first-order chi connectivity index (χ1) is 9.59. The summed E-state index contributed by atoms with van der Waals surface area (Å²) in [6.07, 6.45) is 0. The van der Waals surface area contributed by atoms with Gasteiger partial charge in [0, 0.05) is 17.1 Å². The van der Waals surface area contributed by atoms with E-state index in [1.54, 1.807) is 12.1 Å². The summed E-state index contributed by atoms with van der Waals surface area (Å²) >= 11 is 0.991. The van der Waals surface area contributed by atoms with Crippen molar-refractivity contribution in [1.82, 2.24) is 5.32 Å².